The number of methoxy groups -OCH3 is 2. The minimum Gasteiger partial charge on any atom is -0.497 e. The molecule has 1 N–H and O–H groups in total. The monoisotopic (exact) mass is 323 g/mol. The Kier molecular flexibility index (Phi) is 3.97. The number of rotatable bonds is 4. The van der Waals surface area contributed by atoms with Crippen molar-refractivity contribution in [3.8, 4) is 11.5 Å². The van der Waals surface area contributed by atoms with Gasteiger partial charge in [-0.25, -0.2) is 0 Å². The Morgan fingerprint density at radius 1 is 1.04 bits per heavy atom. The molecule has 2 aromatic rings. The van der Waals surface area contributed by atoms with Crippen molar-refractivity contribution in [1.29, 1.82) is 0 Å². The third kappa shape index (κ3) is 2.78. The van der Waals surface area contributed by atoms with E-state index in [1.165, 1.54) is 29.5 Å². The molecule has 4 rings (SSSR count). The van der Waals surface area contributed by atoms with Crippen molar-refractivity contribution < 1.29 is 9.47 Å². The van der Waals surface area contributed by atoms with E-state index in [9.17, 15) is 0 Å². The first-order chi connectivity index (χ1) is 11.7. The zero-order valence-electron chi connectivity index (χ0n) is 14.5. The molecule has 126 valence electrons. The number of fused-ring (bicyclic) bond motifs is 4. The molecule has 3 heteroatoms. The van der Waals surface area contributed by atoms with E-state index in [4.69, 9.17) is 9.47 Å². The largest absolute Gasteiger partial charge is 0.497 e. The van der Waals surface area contributed by atoms with Crippen LogP contribution < -0.4 is 14.8 Å². The van der Waals surface area contributed by atoms with Crippen molar-refractivity contribution in [2.24, 2.45) is 5.41 Å². The molecule has 2 bridgehead atoms. The lowest BCUT2D eigenvalue weighted by atomic mass is 9.63. The van der Waals surface area contributed by atoms with Crippen molar-refractivity contribution in [3.63, 3.8) is 0 Å². The summed E-state index contributed by atoms with van der Waals surface area (Å²) in [6.45, 7) is 1.09. The predicted octanol–water partition coefficient (Wildman–Crippen LogP) is 3.91. The first-order valence-corrected chi connectivity index (χ1v) is 8.74. The molecule has 2 unspecified atom stereocenters. The second-order valence-electron chi connectivity index (χ2n) is 7.23. The SMILES string of the molecule is COc1ccc(CC23CCNC(C2)c2cc(OC)ccc2C3)cc1. The van der Waals surface area contributed by atoms with Crippen LogP contribution >= 0.6 is 0 Å². The van der Waals surface area contributed by atoms with Gasteiger partial charge in [0.05, 0.1) is 14.2 Å². The molecule has 1 aliphatic heterocycles. The Morgan fingerprint density at radius 3 is 2.54 bits per heavy atom. The second-order valence-corrected chi connectivity index (χ2v) is 7.23. The fourth-order valence-corrected chi connectivity index (χ4v) is 4.49. The highest BCUT2D eigenvalue weighted by Gasteiger charge is 2.41. The molecule has 1 fully saturated rings. The molecule has 0 aromatic heterocycles. The predicted molar refractivity (Wildman–Crippen MR) is 95.8 cm³/mol. The summed E-state index contributed by atoms with van der Waals surface area (Å²) in [5.74, 6) is 1.89. The molecular weight excluding hydrogens is 298 g/mol. The van der Waals surface area contributed by atoms with Gasteiger partial charge in [0, 0.05) is 6.04 Å². The van der Waals surface area contributed by atoms with Crippen molar-refractivity contribution in [2.75, 3.05) is 20.8 Å². The topological polar surface area (TPSA) is 30.5 Å². The third-order valence-electron chi connectivity index (χ3n) is 5.72. The van der Waals surface area contributed by atoms with Crippen molar-refractivity contribution in [3.05, 3.63) is 59.2 Å². The number of nitrogens with one attached hydrogen (secondary N) is 1. The molecule has 0 spiro atoms. The Morgan fingerprint density at radius 2 is 1.79 bits per heavy atom. The smallest absolute Gasteiger partial charge is 0.119 e. The Hall–Kier alpha value is -2.00. The van der Waals surface area contributed by atoms with Crippen molar-refractivity contribution in [1.82, 2.24) is 5.32 Å². The van der Waals surface area contributed by atoms with E-state index in [1.807, 2.05) is 0 Å². The Bertz CT molecular complexity index is 725. The van der Waals surface area contributed by atoms with Gasteiger partial charge in [-0.1, -0.05) is 18.2 Å². The van der Waals surface area contributed by atoms with Gasteiger partial charge in [0.25, 0.3) is 0 Å². The van der Waals surface area contributed by atoms with Crippen LogP contribution in [0.4, 0.5) is 0 Å². The van der Waals surface area contributed by atoms with Gasteiger partial charge in [0.1, 0.15) is 11.5 Å². The van der Waals surface area contributed by atoms with Crippen LogP contribution in [-0.4, -0.2) is 20.8 Å². The molecule has 2 aliphatic rings. The molecule has 1 aliphatic carbocycles. The minimum atomic E-state index is 0.367. The average Bonchev–Trinajstić information content (AvgIpc) is 2.62. The number of hydrogen-bond donors (Lipinski definition) is 1. The average molecular weight is 323 g/mol. The molecule has 24 heavy (non-hydrogen) atoms. The number of hydrogen-bond acceptors (Lipinski definition) is 3. The van der Waals surface area contributed by atoms with Gasteiger partial charge in [-0.2, -0.15) is 0 Å². The first-order valence-electron chi connectivity index (χ1n) is 8.74. The van der Waals surface area contributed by atoms with Crippen LogP contribution in [0.25, 0.3) is 0 Å². The van der Waals surface area contributed by atoms with E-state index in [-0.39, 0.29) is 0 Å². The highest BCUT2D eigenvalue weighted by molar-refractivity contribution is 5.41. The molecule has 0 amide bonds. The van der Waals surface area contributed by atoms with E-state index < -0.39 is 0 Å². The Labute approximate surface area is 144 Å². The molecule has 1 saturated heterocycles. The van der Waals surface area contributed by atoms with E-state index in [0.29, 0.717) is 11.5 Å². The first kappa shape index (κ1) is 15.5. The van der Waals surface area contributed by atoms with Gasteiger partial charge in [0.15, 0.2) is 0 Å². The zero-order valence-corrected chi connectivity index (χ0v) is 14.5. The molecular formula is C21H25NO2. The molecule has 2 atom stereocenters. The quantitative estimate of drug-likeness (QED) is 0.925. The van der Waals surface area contributed by atoms with E-state index in [1.54, 1.807) is 14.2 Å². The summed E-state index contributed by atoms with van der Waals surface area (Å²) in [6, 6.07) is 15.6. The summed E-state index contributed by atoms with van der Waals surface area (Å²) in [6.07, 6.45) is 4.75. The van der Waals surface area contributed by atoms with Crippen LogP contribution in [0.1, 0.15) is 35.6 Å². The maximum Gasteiger partial charge on any atom is 0.119 e. The fourth-order valence-electron chi connectivity index (χ4n) is 4.49. The van der Waals surface area contributed by atoms with Crippen LogP contribution in [-0.2, 0) is 12.8 Å². The highest BCUT2D eigenvalue weighted by Crippen LogP contribution is 2.48. The van der Waals surface area contributed by atoms with E-state index >= 15 is 0 Å². The van der Waals surface area contributed by atoms with Gasteiger partial charge < -0.3 is 14.8 Å². The standard InChI is InChI=1S/C21H25NO2/c1-23-17-6-3-15(4-7-17)12-21-9-10-22-20(14-21)19-11-18(24-2)8-5-16(19)13-21/h3-8,11,20,22H,9-10,12-14H2,1-2H3. The summed E-state index contributed by atoms with van der Waals surface area (Å²) in [5, 5.41) is 3.71. The maximum absolute atomic E-state index is 5.42. The van der Waals surface area contributed by atoms with Gasteiger partial charge >= 0.3 is 0 Å². The number of piperidine rings is 1. The summed E-state index contributed by atoms with van der Waals surface area (Å²) in [4.78, 5) is 0. The van der Waals surface area contributed by atoms with Crippen molar-refractivity contribution >= 4 is 0 Å². The second kappa shape index (κ2) is 6.14. The summed E-state index contributed by atoms with van der Waals surface area (Å²) < 4.78 is 10.7. The fraction of sp³-hybridized carbons (Fsp3) is 0.429. The minimum absolute atomic E-state index is 0.367. The van der Waals surface area contributed by atoms with Gasteiger partial charge in [-0.15, -0.1) is 0 Å². The number of benzene rings is 2. The van der Waals surface area contributed by atoms with E-state index in [0.717, 1.165) is 30.9 Å². The summed E-state index contributed by atoms with van der Waals surface area (Å²) in [7, 11) is 3.46. The van der Waals surface area contributed by atoms with Crippen LogP contribution in [0, 0.1) is 5.41 Å². The van der Waals surface area contributed by atoms with E-state index in [2.05, 4.69) is 47.8 Å². The summed E-state index contributed by atoms with van der Waals surface area (Å²) in [5.41, 5.74) is 4.69. The summed E-state index contributed by atoms with van der Waals surface area (Å²) >= 11 is 0. The molecule has 2 aromatic carbocycles. The van der Waals surface area contributed by atoms with Crippen LogP contribution in [0.3, 0.4) is 0 Å². The number of ether oxygens (including phenoxy) is 2. The van der Waals surface area contributed by atoms with Gasteiger partial charge in [-0.05, 0) is 78.6 Å². The van der Waals surface area contributed by atoms with Gasteiger partial charge in [-0.3, -0.25) is 0 Å². The lowest BCUT2D eigenvalue weighted by molar-refractivity contribution is 0.144. The van der Waals surface area contributed by atoms with Crippen LogP contribution in [0.2, 0.25) is 0 Å². The molecule has 0 radical (unpaired) electrons. The molecule has 1 heterocycles. The lowest BCUT2D eigenvalue weighted by Crippen LogP contribution is -2.45. The Balaban J connectivity index is 1.62. The molecule has 0 saturated carbocycles. The molecule has 3 nitrogen and oxygen atoms in total. The highest BCUT2D eigenvalue weighted by atomic mass is 16.5. The zero-order chi connectivity index (χ0) is 16.6. The van der Waals surface area contributed by atoms with Crippen LogP contribution in [0.15, 0.2) is 42.5 Å². The third-order valence-corrected chi connectivity index (χ3v) is 5.72. The van der Waals surface area contributed by atoms with Crippen molar-refractivity contribution in [2.45, 2.75) is 31.7 Å². The lowest BCUT2D eigenvalue weighted by Gasteiger charge is -2.47. The van der Waals surface area contributed by atoms with Crippen LogP contribution in [0.5, 0.6) is 11.5 Å². The van der Waals surface area contributed by atoms with Gasteiger partial charge in [0.2, 0.25) is 0 Å². The normalized spacial score (nSPS) is 25.0. The maximum atomic E-state index is 5.42.